The number of rotatable bonds is 4. The van der Waals surface area contributed by atoms with Crippen LogP contribution in [0.5, 0.6) is 0 Å². The van der Waals surface area contributed by atoms with Gasteiger partial charge in [-0.05, 0) is 35.9 Å². The van der Waals surface area contributed by atoms with Crippen molar-refractivity contribution in [1.29, 1.82) is 0 Å². The molecule has 0 spiro atoms. The van der Waals surface area contributed by atoms with Gasteiger partial charge >= 0.3 is 0 Å². The third kappa shape index (κ3) is 2.85. The van der Waals surface area contributed by atoms with Crippen LogP contribution in [0.3, 0.4) is 0 Å². The van der Waals surface area contributed by atoms with E-state index in [1.54, 1.807) is 18.6 Å². The number of halogens is 1. The SMILES string of the molecule is Fc1cccc(CNc2cccc(-n3ccnc3)c2)c1. The van der Waals surface area contributed by atoms with Gasteiger partial charge in [-0.1, -0.05) is 18.2 Å². The molecule has 0 saturated carbocycles. The van der Waals surface area contributed by atoms with Gasteiger partial charge in [0.25, 0.3) is 0 Å². The summed E-state index contributed by atoms with van der Waals surface area (Å²) in [5, 5.41) is 3.29. The Hall–Kier alpha value is -2.62. The van der Waals surface area contributed by atoms with E-state index in [1.165, 1.54) is 12.1 Å². The molecule has 0 radical (unpaired) electrons. The molecular weight excluding hydrogens is 253 g/mol. The largest absolute Gasteiger partial charge is 0.381 e. The van der Waals surface area contributed by atoms with Gasteiger partial charge in [0.15, 0.2) is 0 Å². The minimum absolute atomic E-state index is 0.212. The van der Waals surface area contributed by atoms with Crippen LogP contribution in [0.25, 0.3) is 5.69 Å². The average molecular weight is 267 g/mol. The molecule has 3 rings (SSSR count). The van der Waals surface area contributed by atoms with Crippen molar-refractivity contribution in [3.05, 3.63) is 78.6 Å². The van der Waals surface area contributed by atoms with Gasteiger partial charge in [0.05, 0.1) is 6.33 Å². The number of imidazole rings is 1. The molecule has 0 fully saturated rings. The minimum atomic E-state index is -0.212. The topological polar surface area (TPSA) is 29.9 Å². The monoisotopic (exact) mass is 267 g/mol. The standard InChI is InChI=1S/C16H14FN3/c17-14-4-1-3-13(9-14)11-19-15-5-2-6-16(10-15)20-8-7-18-12-20/h1-10,12,19H,11H2. The molecule has 1 heterocycles. The van der Waals surface area contributed by atoms with Crippen molar-refractivity contribution in [2.45, 2.75) is 6.54 Å². The van der Waals surface area contributed by atoms with Crippen LogP contribution in [-0.2, 0) is 6.54 Å². The van der Waals surface area contributed by atoms with E-state index in [9.17, 15) is 4.39 Å². The van der Waals surface area contributed by atoms with Crippen LogP contribution in [0.2, 0.25) is 0 Å². The summed E-state index contributed by atoms with van der Waals surface area (Å²) in [6, 6.07) is 14.6. The van der Waals surface area contributed by atoms with Crippen molar-refractivity contribution in [2.75, 3.05) is 5.32 Å². The van der Waals surface area contributed by atoms with Crippen molar-refractivity contribution >= 4 is 5.69 Å². The van der Waals surface area contributed by atoms with Crippen molar-refractivity contribution in [1.82, 2.24) is 9.55 Å². The van der Waals surface area contributed by atoms with Crippen LogP contribution in [-0.4, -0.2) is 9.55 Å². The first-order valence-electron chi connectivity index (χ1n) is 6.38. The Morgan fingerprint density at radius 3 is 2.80 bits per heavy atom. The van der Waals surface area contributed by atoms with E-state index in [0.717, 1.165) is 16.9 Å². The Morgan fingerprint density at radius 1 is 1.10 bits per heavy atom. The van der Waals surface area contributed by atoms with E-state index in [2.05, 4.69) is 10.3 Å². The maximum atomic E-state index is 13.1. The minimum Gasteiger partial charge on any atom is -0.381 e. The van der Waals surface area contributed by atoms with E-state index >= 15 is 0 Å². The van der Waals surface area contributed by atoms with Crippen molar-refractivity contribution in [2.24, 2.45) is 0 Å². The molecule has 0 amide bonds. The number of anilines is 1. The number of aromatic nitrogens is 2. The lowest BCUT2D eigenvalue weighted by molar-refractivity contribution is 0.626. The van der Waals surface area contributed by atoms with Gasteiger partial charge in [-0.2, -0.15) is 0 Å². The zero-order chi connectivity index (χ0) is 13.8. The highest BCUT2D eigenvalue weighted by Crippen LogP contribution is 2.15. The summed E-state index contributed by atoms with van der Waals surface area (Å²) in [6.07, 6.45) is 5.39. The first-order chi connectivity index (χ1) is 9.81. The lowest BCUT2D eigenvalue weighted by Crippen LogP contribution is -2.00. The van der Waals surface area contributed by atoms with E-state index < -0.39 is 0 Å². The maximum absolute atomic E-state index is 13.1. The molecule has 2 aromatic carbocycles. The molecule has 20 heavy (non-hydrogen) atoms. The predicted octanol–water partition coefficient (Wildman–Crippen LogP) is 3.62. The maximum Gasteiger partial charge on any atom is 0.123 e. The summed E-state index contributed by atoms with van der Waals surface area (Å²) in [4.78, 5) is 4.03. The summed E-state index contributed by atoms with van der Waals surface area (Å²) in [5.41, 5.74) is 2.94. The highest BCUT2D eigenvalue weighted by Gasteiger charge is 1.99. The fourth-order valence-corrected chi connectivity index (χ4v) is 2.04. The van der Waals surface area contributed by atoms with Crippen LogP contribution in [0.4, 0.5) is 10.1 Å². The summed E-state index contributed by atoms with van der Waals surface area (Å²) >= 11 is 0. The highest BCUT2D eigenvalue weighted by molar-refractivity contribution is 5.51. The van der Waals surface area contributed by atoms with E-state index in [4.69, 9.17) is 0 Å². The van der Waals surface area contributed by atoms with E-state index in [1.807, 2.05) is 41.1 Å². The normalized spacial score (nSPS) is 10.4. The molecule has 3 aromatic rings. The van der Waals surface area contributed by atoms with Crippen LogP contribution in [0, 0.1) is 5.82 Å². The van der Waals surface area contributed by atoms with E-state index in [0.29, 0.717) is 6.54 Å². The first kappa shape index (κ1) is 12.4. The molecule has 0 aliphatic carbocycles. The Balaban J connectivity index is 1.73. The Kier molecular flexibility index (Phi) is 3.46. The Morgan fingerprint density at radius 2 is 2.00 bits per heavy atom. The molecule has 100 valence electrons. The van der Waals surface area contributed by atoms with Crippen LogP contribution in [0.15, 0.2) is 67.3 Å². The van der Waals surface area contributed by atoms with Gasteiger partial charge in [-0.25, -0.2) is 9.37 Å². The Bertz CT molecular complexity index is 692. The number of benzene rings is 2. The molecule has 1 aromatic heterocycles. The van der Waals surface area contributed by atoms with E-state index in [-0.39, 0.29) is 5.82 Å². The first-order valence-corrected chi connectivity index (χ1v) is 6.38. The molecule has 1 N–H and O–H groups in total. The second kappa shape index (κ2) is 5.57. The quantitative estimate of drug-likeness (QED) is 0.782. The lowest BCUT2D eigenvalue weighted by atomic mass is 10.2. The highest BCUT2D eigenvalue weighted by atomic mass is 19.1. The summed E-state index contributed by atoms with van der Waals surface area (Å²) < 4.78 is 15.0. The molecule has 0 unspecified atom stereocenters. The second-order valence-corrected chi connectivity index (χ2v) is 4.50. The average Bonchev–Trinajstić information content (AvgIpc) is 3.00. The summed E-state index contributed by atoms with van der Waals surface area (Å²) in [6.45, 7) is 0.588. The second-order valence-electron chi connectivity index (χ2n) is 4.50. The zero-order valence-corrected chi connectivity index (χ0v) is 10.8. The van der Waals surface area contributed by atoms with Gasteiger partial charge in [-0.15, -0.1) is 0 Å². The fourth-order valence-electron chi connectivity index (χ4n) is 2.04. The number of hydrogen-bond acceptors (Lipinski definition) is 2. The summed E-state index contributed by atoms with van der Waals surface area (Å²) in [7, 11) is 0. The molecular formula is C16H14FN3. The van der Waals surface area contributed by atoms with Gasteiger partial charge in [-0.3, -0.25) is 0 Å². The fraction of sp³-hybridized carbons (Fsp3) is 0.0625. The van der Waals surface area contributed by atoms with Crippen LogP contribution in [0.1, 0.15) is 5.56 Å². The predicted molar refractivity (Wildman–Crippen MR) is 77.3 cm³/mol. The molecule has 3 nitrogen and oxygen atoms in total. The molecule has 0 aliphatic rings. The summed E-state index contributed by atoms with van der Waals surface area (Å²) in [5.74, 6) is -0.212. The zero-order valence-electron chi connectivity index (χ0n) is 10.8. The number of hydrogen-bond donors (Lipinski definition) is 1. The van der Waals surface area contributed by atoms with Gasteiger partial charge < -0.3 is 9.88 Å². The van der Waals surface area contributed by atoms with Crippen molar-refractivity contribution < 1.29 is 4.39 Å². The van der Waals surface area contributed by atoms with Gasteiger partial charge in [0.2, 0.25) is 0 Å². The molecule has 0 aliphatic heterocycles. The van der Waals surface area contributed by atoms with Gasteiger partial charge in [0, 0.05) is 30.3 Å². The third-order valence-electron chi connectivity index (χ3n) is 3.03. The lowest BCUT2D eigenvalue weighted by Gasteiger charge is -2.09. The smallest absolute Gasteiger partial charge is 0.123 e. The van der Waals surface area contributed by atoms with Crippen molar-refractivity contribution in [3.8, 4) is 5.69 Å². The number of nitrogens with zero attached hydrogens (tertiary/aromatic N) is 2. The molecule has 0 atom stereocenters. The Labute approximate surface area is 116 Å². The molecule has 4 heteroatoms. The molecule has 0 saturated heterocycles. The third-order valence-corrected chi connectivity index (χ3v) is 3.03. The van der Waals surface area contributed by atoms with Crippen molar-refractivity contribution in [3.63, 3.8) is 0 Å². The van der Waals surface area contributed by atoms with Crippen LogP contribution < -0.4 is 5.32 Å². The molecule has 0 bridgehead atoms. The number of nitrogens with one attached hydrogen (secondary N) is 1. The van der Waals surface area contributed by atoms with Gasteiger partial charge in [0.1, 0.15) is 5.82 Å². The van der Waals surface area contributed by atoms with Crippen LogP contribution >= 0.6 is 0 Å².